The van der Waals surface area contributed by atoms with Crippen molar-refractivity contribution in [2.75, 3.05) is 24.2 Å². The summed E-state index contributed by atoms with van der Waals surface area (Å²) in [7, 11) is 0. The Kier molecular flexibility index (Phi) is 16.3. The van der Waals surface area contributed by atoms with E-state index >= 15 is 0 Å². The lowest BCUT2D eigenvalue weighted by Gasteiger charge is -2.13. The van der Waals surface area contributed by atoms with Gasteiger partial charge in [0.05, 0.1) is 6.04 Å². The molecule has 5 nitrogen and oxygen atoms in total. The Bertz CT molecular complexity index is 1200. The van der Waals surface area contributed by atoms with Crippen LogP contribution in [0.2, 0.25) is 0 Å². The number of benzene rings is 2. The van der Waals surface area contributed by atoms with Crippen LogP contribution in [0.25, 0.3) is 0 Å². The lowest BCUT2D eigenvalue weighted by Crippen LogP contribution is -2.13. The molecule has 0 saturated carbocycles. The largest absolute Gasteiger partial charge is 0.486 e. The Morgan fingerprint density at radius 1 is 1.12 bits per heavy atom. The highest BCUT2D eigenvalue weighted by molar-refractivity contribution is 8.14. The van der Waals surface area contributed by atoms with Gasteiger partial charge >= 0.3 is 0 Å². The summed E-state index contributed by atoms with van der Waals surface area (Å²) in [6.07, 6.45) is 16.7. The molecule has 1 unspecified atom stereocenters. The van der Waals surface area contributed by atoms with Crippen molar-refractivity contribution in [3.8, 4) is 5.75 Å². The van der Waals surface area contributed by atoms with Gasteiger partial charge in [0.2, 0.25) is 0 Å². The van der Waals surface area contributed by atoms with Gasteiger partial charge in [0.1, 0.15) is 23.2 Å². The third-order valence-electron chi connectivity index (χ3n) is 6.60. The second-order valence-corrected chi connectivity index (χ2v) is 10.9. The van der Waals surface area contributed by atoms with Crippen molar-refractivity contribution in [1.82, 2.24) is 0 Å². The number of aliphatic imine (C=N–C) groups is 1. The highest BCUT2D eigenvalue weighted by atomic mass is 32.2. The minimum Gasteiger partial charge on any atom is -0.486 e. The maximum absolute atomic E-state index is 13.6. The fourth-order valence-electron chi connectivity index (χ4n) is 4.37. The number of hydrogen-bond acceptors (Lipinski definition) is 5. The molecule has 0 radical (unpaired) electrons. The van der Waals surface area contributed by atoms with Crippen molar-refractivity contribution in [3.63, 3.8) is 0 Å². The number of anilines is 1. The predicted octanol–water partition coefficient (Wildman–Crippen LogP) is 8.45. The summed E-state index contributed by atoms with van der Waals surface area (Å²) in [6, 6.07) is 11.8. The fourth-order valence-corrected chi connectivity index (χ4v) is 5.36. The van der Waals surface area contributed by atoms with Crippen LogP contribution in [0.15, 0.2) is 77.3 Å². The van der Waals surface area contributed by atoms with Crippen molar-refractivity contribution in [1.29, 1.82) is 0 Å². The summed E-state index contributed by atoms with van der Waals surface area (Å²) in [4.78, 5) is 13.2. The number of nitrogens with zero attached hydrogens (tertiary/aromatic N) is 1. The smallest absolute Gasteiger partial charge is 0.290 e. The number of thioether (sulfide) groups is 1. The van der Waals surface area contributed by atoms with E-state index in [9.17, 15) is 4.39 Å². The quantitative estimate of drug-likeness (QED) is 0.261. The van der Waals surface area contributed by atoms with Crippen LogP contribution in [0.3, 0.4) is 0 Å². The number of rotatable bonds is 11. The van der Waals surface area contributed by atoms with Gasteiger partial charge in [-0.25, -0.2) is 4.39 Å². The second kappa shape index (κ2) is 19.7. The molecule has 1 atom stereocenters. The normalized spacial score (nSPS) is 15.4. The van der Waals surface area contributed by atoms with Crippen LogP contribution in [0.4, 0.5) is 10.1 Å². The van der Waals surface area contributed by atoms with Gasteiger partial charge in [0.15, 0.2) is 0 Å². The third-order valence-corrected chi connectivity index (χ3v) is 7.71. The van der Waals surface area contributed by atoms with E-state index in [1.165, 1.54) is 22.3 Å². The van der Waals surface area contributed by atoms with Gasteiger partial charge in [-0.15, -0.1) is 11.8 Å². The Balaban J connectivity index is 0.000000449. The minimum absolute atomic E-state index is 0.190. The molecule has 0 aromatic heterocycles. The van der Waals surface area contributed by atoms with E-state index in [0.717, 1.165) is 67.3 Å². The van der Waals surface area contributed by atoms with E-state index in [1.54, 1.807) is 23.9 Å². The Hall–Kier alpha value is -3.32. The maximum atomic E-state index is 13.6. The topological polar surface area (TPSA) is 70.9 Å². The monoisotopic (exact) mass is 580 g/mol. The van der Waals surface area contributed by atoms with Gasteiger partial charge in [-0.3, -0.25) is 9.79 Å². The molecular weight excluding hydrogens is 535 g/mol. The first-order valence-corrected chi connectivity index (χ1v) is 15.5. The van der Waals surface area contributed by atoms with E-state index in [0.29, 0.717) is 6.61 Å². The van der Waals surface area contributed by atoms with Crippen LogP contribution in [-0.2, 0) is 24.1 Å². The van der Waals surface area contributed by atoms with Crippen LogP contribution in [0, 0.1) is 5.82 Å². The van der Waals surface area contributed by atoms with Crippen LogP contribution >= 0.6 is 11.8 Å². The van der Waals surface area contributed by atoms with Gasteiger partial charge in [-0.1, -0.05) is 81.3 Å². The Morgan fingerprint density at radius 2 is 1.93 bits per heavy atom. The standard InChI is InChI=1S/C25H33FN2OS.C8H10.CH2O2/c1-4-7-20-9-10-21(26)15-23(20)27-13-12-22-17-30-25(28-22)16-29-24-11-8-18(5-2)14-19(24)6-3;1-8-6-4-2-3-5-7-8;2-1-3/h8-11,14-15,22,27H,4-7,12-13,16-17H2,1-3H3;2-4,6-7H,5H2,1H3;1H,(H,2,3). The average Bonchev–Trinajstić information content (AvgIpc) is 3.29. The predicted molar refractivity (Wildman–Crippen MR) is 173 cm³/mol. The summed E-state index contributed by atoms with van der Waals surface area (Å²) in [5.41, 5.74) is 6.06. The molecule has 1 aliphatic heterocycles. The highest BCUT2D eigenvalue weighted by Gasteiger charge is 2.19. The first-order valence-electron chi connectivity index (χ1n) is 14.5. The summed E-state index contributed by atoms with van der Waals surface area (Å²) >= 11 is 1.79. The number of ether oxygens (including phenoxy) is 1. The van der Waals surface area contributed by atoms with E-state index in [4.69, 9.17) is 19.6 Å². The maximum Gasteiger partial charge on any atom is 0.290 e. The van der Waals surface area contributed by atoms with Crippen LogP contribution in [-0.4, -0.2) is 41.6 Å². The lowest BCUT2D eigenvalue weighted by atomic mass is 10.1. The molecule has 222 valence electrons. The molecule has 41 heavy (non-hydrogen) atoms. The molecule has 2 aliphatic rings. The molecule has 1 heterocycles. The fraction of sp³-hybridized carbons (Fsp3) is 0.412. The van der Waals surface area contributed by atoms with E-state index < -0.39 is 0 Å². The molecule has 0 fully saturated rings. The number of aryl methyl sites for hydroxylation is 3. The molecule has 2 N–H and O–H groups in total. The van der Waals surface area contributed by atoms with Gasteiger partial charge in [0, 0.05) is 18.0 Å². The summed E-state index contributed by atoms with van der Waals surface area (Å²) in [5, 5.41) is 11.4. The average molecular weight is 581 g/mol. The second-order valence-electron chi connectivity index (χ2n) is 9.77. The van der Waals surface area contributed by atoms with E-state index in [-0.39, 0.29) is 18.3 Å². The van der Waals surface area contributed by atoms with Crippen molar-refractivity contribution < 1.29 is 19.0 Å². The van der Waals surface area contributed by atoms with Crippen molar-refractivity contribution in [2.24, 2.45) is 4.99 Å². The first-order chi connectivity index (χ1) is 19.9. The number of nitrogens with one attached hydrogen (secondary N) is 1. The van der Waals surface area contributed by atoms with E-state index in [1.807, 2.05) is 6.07 Å². The molecule has 0 bridgehead atoms. The van der Waals surface area contributed by atoms with Crippen LogP contribution in [0.5, 0.6) is 5.75 Å². The number of hydrogen-bond donors (Lipinski definition) is 2. The van der Waals surface area contributed by atoms with Crippen molar-refractivity contribution >= 4 is 29.0 Å². The minimum atomic E-state index is -0.250. The third kappa shape index (κ3) is 12.8. The lowest BCUT2D eigenvalue weighted by molar-refractivity contribution is -0.122. The molecule has 0 amide bonds. The van der Waals surface area contributed by atoms with Gasteiger partial charge in [-0.05, 0) is 73.9 Å². The zero-order chi connectivity index (χ0) is 29.9. The zero-order valence-corrected chi connectivity index (χ0v) is 25.7. The molecule has 1 aliphatic carbocycles. The SMILES string of the molecule is CC1=CCC=CC=C1.CCCc1ccc(F)cc1NCCC1CSC(COc2ccc(CC)cc2CC)=N1.O=CO. The van der Waals surface area contributed by atoms with Crippen molar-refractivity contribution in [3.05, 3.63) is 94.9 Å². The molecule has 2 aromatic rings. The summed E-state index contributed by atoms with van der Waals surface area (Å²) < 4.78 is 19.7. The van der Waals surface area contributed by atoms with Gasteiger partial charge in [0.25, 0.3) is 6.47 Å². The van der Waals surface area contributed by atoms with Crippen LogP contribution in [0.1, 0.15) is 63.6 Å². The molecular formula is C34H45FN2O3S. The molecule has 0 saturated heterocycles. The first kappa shape index (κ1) is 33.9. The zero-order valence-electron chi connectivity index (χ0n) is 24.9. The molecule has 0 spiro atoms. The number of allylic oxidation sites excluding steroid dienone is 6. The Morgan fingerprint density at radius 3 is 2.66 bits per heavy atom. The summed E-state index contributed by atoms with van der Waals surface area (Å²) in [5.74, 6) is 1.77. The number of carboxylic acid groups (broad SMARTS) is 1. The van der Waals surface area contributed by atoms with Crippen LogP contribution < -0.4 is 10.1 Å². The van der Waals surface area contributed by atoms with Gasteiger partial charge in [-0.2, -0.15) is 0 Å². The highest BCUT2D eigenvalue weighted by Crippen LogP contribution is 2.25. The number of halogens is 1. The van der Waals surface area contributed by atoms with Gasteiger partial charge < -0.3 is 15.2 Å². The number of carbonyl (C=O) groups is 1. The summed E-state index contributed by atoms with van der Waals surface area (Å²) in [6.45, 7) is 9.68. The van der Waals surface area contributed by atoms with Crippen molar-refractivity contribution in [2.45, 2.75) is 72.3 Å². The Labute approximate surface area is 249 Å². The molecule has 2 aromatic carbocycles. The molecule has 4 rings (SSSR count). The van der Waals surface area contributed by atoms with E-state index in [2.05, 4.69) is 81.6 Å². The molecule has 7 heteroatoms.